The zero-order valence-corrected chi connectivity index (χ0v) is 5.40. The fourth-order valence-electron chi connectivity index (χ4n) is 0. The molecule has 0 aliphatic heterocycles. The third kappa shape index (κ3) is 10.2. The summed E-state index contributed by atoms with van der Waals surface area (Å²) in [5.41, 5.74) is 0. The molecule has 0 fully saturated rings. The van der Waals surface area contributed by atoms with Crippen molar-refractivity contribution in [3.63, 3.8) is 0 Å². The first kappa shape index (κ1) is 18.4. The average molecular weight is 95.0 g/mol. The van der Waals surface area contributed by atoms with Crippen molar-refractivity contribution < 1.29 is 4.46 Å². The van der Waals surface area contributed by atoms with Crippen molar-refractivity contribution in [1.29, 1.82) is 0 Å². The Morgan fingerprint density at radius 2 is 1.25 bits per heavy atom. The van der Waals surface area contributed by atoms with Crippen LogP contribution in [0.15, 0.2) is 0 Å². The van der Waals surface area contributed by atoms with Gasteiger partial charge in [-0.2, -0.15) is 0 Å². The van der Waals surface area contributed by atoms with Crippen LogP contribution in [-0.2, 0) is 4.46 Å². The topological polar surface area (TPSA) is 17.1 Å². The predicted octanol–water partition coefficient (Wildman–Crippen LogP) is -1.26. The third-order valence-corrected chi connectivity index (χ3v) is 0. The second-order valence-electron chi connectivity index (χ2n) is 0. The van der Waals surface area contributed by atoms with Gasteiger partial charge in [0.15, 0.2) is 0 Å². The molecule has 0 aliphatic rings. The second-order valence-corrected chi connectivity index (χ2v) is 0. The summed E-state index contributed by atoms with van der Waals surface area (Å²) < 4.78 is 8.06. The molecule has 0 rings (SSSR count). The molecule has 0 aliphatic carbocycles. The molecule has 0 atom stereocenters. The molecule has 15 valence electrons. The summed E-state index contributed by atoms with van der Waals surface area (Å²) in [4.78, 5) is 0. The molecule has 0 saturated carbocycles. The minimum Gasteiger partial charge on any atom is -0.381 e. The Balaban J connectivity index is -0.00000000500. The standard InChI is InChI=1S/B.Ca.OSi/c;;1-2. The van der Waals surface area contributed by atoms with Gasteiger partial charge in [-0.15, -0.1) is 0 Å². The van der Waals surface area contributed by atoms with Crippen LogP contribution in [0.5, 0.6) is 0 Å². The molecule has 0 saturated heterocycles. The van der Waals surface area contributed by atoms with Gasteiger partial charge in [0.2, 0.25) is 0 Å². The maximum Gasteiger partial charge on any atom is 0.381 e. The predicted molar refractivity (Wildman–Crippen MR) is 17.9 cm³/mol. The molecule has 0 bridgehead atoms. The van der Waals surface area contributed by atoms with Gasteiger partial charge >= 0.3 is 10.1 Å². The van der Waals surface area contributed by atoms with Crippen molar-refractivity contribution in [3.05, 3.63) is 0 Å². The van der Waals surface area contributed by atoms with Crippen molar-refractivity contribution >= 4 is 56.3 Å². The Kier molecular flexibility index (Phi) is 124. The van der Waals surface area contributed by atoms with Gasteiger partial charge in [0, 0.05) is 46.2 Å². The van der Waals surface area contributed by atoms with Crippen LogP contribution in [0.4, 0.5) is 0 Å². The number of rotatable bonds is 0. The van der Waals surface area contributed by atoms with Crippen molar-refractivity contribution in [2.24, 2.45) is 0 Å². The zero-order valence-electron chi connectivity index (χ0n) is 2.19. The van der Waals surface area contributed by atoms with E-state index in [-0.39, 0.29) is 46.2 Å². The van der Waals surface area contributed by atoms with Gasteiger partial charge in [-0.25, -0.2) is 0 Å². The Morgan fingerprint density at radius 1 is 1.25 bits per heavy atom. The van der Waals surface area contributed by atoms with Crippen LogP contribution in [0, 0.1) is 0 Å². The molecule has 0 N–H and O–H groups in total. The largest absolute Gasteiger partial charge is 0.381 e. The summed E-state index contributed by atoms with van der Waals surface area (Å²) in [7, 11) is 1.72. The molecule has 4 heavy (non-hydrogen) atoms. The summed E-state index contributed by atoms with van der Waals surface area (Å²) in [5.74, 6) is 0. The Hall–Kier alpha value is 1.34. The molecule has 0 aromatic heterocycles. The molecule has 0 amide bonds. The van der Waals surface area contributed by atoms with Crippen LogP contribution in [0.3, 0.4) is 0 Å². The number of hydrogen-bond acceptors (Lipinski definition) is 1. The minimum absolute atomic E-state index is 0. The molecule has 7 radical (unpaired) electrons. The van der Waals surface area contributed by atoms with Crippen LogP contribution in [-0.4, -0.2) is 56.3 Å². The molecule has 0 aromatic rings. The van der Waals surface area contributed by atoms with Gasteiger partial charge in [0.05, 0.1) is 0 Å². The van der Waals surface area contributed by atoms with E-state index in [1.807, 2.05) is 0 Å². The van der Waals surface area contributed by atoms with Crippen molar-refractivity contribution in [1.82, 2.24) is 0 Å². The summed E-state index contributed by atoms with van der Waals surface area (Å²) in [6, 6.07) is 0. The minimum atomic E-state index is 0. The van der Waals surface area contributed by atoms with E-state index in [1.54, 1.807) is 10.1 Å². The Morgan fingerprint density at radius 3 is 1.25 bits per heavy atom. The first-order valence-corrected chi connectivity index (χ1v) is 0.612. The molecule has 0 unspecified atom stereocenters. The van der Waals surface area contributed by atoms with Crippen LogP contribution in [0.25, 0.3) is 0 Å². The number of hydrogen-bond donors (Lipinski definition) is 0. The SMILES string of the molecule is O=[Si].[B].[Ca]. The summed E-state index contributed by atoms with van der Waals surface area (Å²) >= 11 is 0. The van der Waals surface area contributed by atoms with Gasteiger partial charge in [-0.1, -0.05) is 0 Å². The van der Waals surface area contributed by atoms with E-state index < -0.39 is 0 Å². The normalized spacial score (nSPS) is 1.00. The van der Waals surface area contributed by atoms with E-state index in [0.29, 0.717) is 0 Å². The smallest absolute Gasteiger partial charge is 0.381 e. The van der Waals surface area contributed by atoms with E-state index >= 15 is 0 Å². The molecule has 0 heterocycles. The summed E-state index contributed by atoms with van der Waals surface area (Å²) in [6.45, 7) is 0. The Bertz CT molecular complexity index is 8.00. The van der Waals surface area contributed by atoms with Crippen LogP contribution < -0.4 is 0 Å². The first-order valence-electron chi connectivity index (χ1n) is 0.204. The van der Waals surface area contributed by atoms with Gasteiger partial charge in [0.1, 0.15) is 0 Å². The van der Waals surface area contributed by atoms with Crippen molar-refractivity contribution in [3.8, 4) is 0 Å². The monoisotopic (exact) mass is 94.9 g/mol. The molecule has 1 nitrogen and oxygen atoms in total. The quantitative estimate of drug-likeness (QED) is 0.343. The first-order chi connectivity index (χ1) is 1.00. The van der Waals surface area contributed by atoms with Crippen LogP contribution in [0.1, 0.15) is 0 Å². The average Bonchev–Trinajstić information content (AvgIpc) is 1.00. The maximum absolute atomic E-state index is 8.06. The second kappa shape index (κ2) is 26.9. The summed E-state index contributed by atoms with van der Waals surface area (Å²) in [5, 5.41) is 0. The molecule has 0 spiro atoms. The van der Waals surface area contributed by atoms with Gasteiger partial charge in [-0.05, 0) is 0 Å². The molecular weight excluding hydrogens is 95.0 g/mol. The molecular formula is BCaOSi. The van der Waals surface area contributed by atoms with Gasteiger partial charge in [0.25, 0.3) is 0 Å². The van der Waals surface area contributed by atoms with E-state index in [2.05, 4.69) is 0 Å². The Labute approximate surface area is 60.2 Å². The third-order valence-electron chi connectivity index (χ3n) is 0. The molecule has 4 heteroatoms. The zero-order chi connectivity index (χ0) is 2.00. The van der Waals surface area contributed by atoms with E-state index in [4.69, 9.17) is 4.46 Å². The van der Waals surface area contributed by atoms with Crippen molar-refractivity contribution in [2.45, 2.75) is 0 Å². The van der Waals surface area contributed by atoms with Crippen LogP contribution >= 0.6 is 0 Å². The van der Waals surface area contributed by atoms with E-state index in [0.717, 1.165) is 0 Å². The maximum atomic E-state index is 8.06. The summed E-state index contributed by atoms with van der Waals surface area (Å²) in [6.07, 6.45) is 0. The fraction of sp³-hybridized carbons (Fsp3) is 0. The van der Waals surface area contributed by atoms with Crippen molar-refractivity contribution in [2.75, 3.05) is 0 Å². The fourth-order valence-corrected chi connectivity index (χ4v) is 0. The molecule has 0 aromatic carbocycles. The van der Waals surface area contributed by atoms with E-state index in [1.165, 1.54) is 0 Å². The van der Waals surface area contributed by atoms with Crippen LogP contribution in [0.2, 0.25) is 0 Å². The van der Waals surface area contributed by atoms with Gasteiger partial charge in [-0.3, -0.25) is 0 Å². The van der Waals surface area contributed by atoms with Gasteiger partial charge < -0.3 is 4.46 Å². The van der Waals surface area contributed by atoms with E-state index in [9.17, 15) is 0 Å².